The van der Waals surface area contributed by atoms with E-state index in [0.29, 0.717) is 6.54 Å². The van der Waals surface area contributed by atoms with Gasteiger partial charge in [0.25, 0.3) is 0 Å². The van der Waals surface area contributed by atoms with Crippen molar-refractivity contribution < 1.29 is 4.42 Å². The first kappa shape index (κ1) is 8.53. The van der Waals surface area contributed by atoms with Crippen molar-refractivity contribution in [2.75, 3.05) is 0 Å². The first-order valence-corrected chi connectivity index (χ1v) is 5.02. The van der Waals surface area contributed by atoms with Gasteiger partial charge in [-0.25, -0.2) is 0 Å². The lowest BCUT2D eigenvalue weighted by atomic mass is 10.2. The molecule has 0 aliphatic carbocycles. The lowest BCUT2D eigenvalue weighted by Crippen LogP contribution is -1.92. The van der Waals surface area contributed by atoms with Gasteiger partial charge in [0.1, 0.15) is 11.5 Å². The Bertz CT molecular complexity index is 402. The molecule has 3 heteroatoms. The van der Waals surface area contributed by atoms with Gasteiger partial charge in [-0.2, -0.15) is 0 Å². The fourth-order valence-electron chi connectivity index (χ4n) is 1.27. The highest BCUT2D eigenvalue weighted by molar-refractivity contribution is 7.10. The third-order valence-corrected chi connectivity index (χ3v) is 2.83. The quantitative estimate of drug-likeness (QED) is 0.796. The summed E-state index contributed by atoms with van der Waals surface area (Å²) in [6.45, 7) is 2.55. The van der Waals surface area contributed by atoms with E-state index < -0.39 is 0 Å². The topological polar surface area (TPSA) is 39.2 Å². The van der Waals surface area contributed by atoms with Gasteiger partial charge < -0.3 is 10.2 Å². The van der Waals surface area contributed by atoms with Crippen molar-refractivity contribution in [2.45, 2.75) is 13.5 Å². The molecule has 0 radical (unpaired) electrons. The number of rotatable bonds is 2. The average Bonchev–Trinajstić information content (AvgIpc) is 2.71. The summed E-state index contributed by atoms with van der Waals surface area (Å²) in [6.07, 6.45) is 0. The molecule has 0 bridgehead atoms. The predicted molar refractivity (Wildman–Crippen MR) is 54.6 cm³/mol. The van der Waals surface area contributed by atoms with Gasteiger partial charge in [-0.05, 0) is 30.5 Å². The Morgan fingerprint density at radius 2 is 2.23 bits per heavy atom. The lowest BCUT2D eigenvalue weighted by Gasteiger charge is -1.93. The standard InChI is InChI=1S/C10H11NOS/c1-7-9(4-5-13-7)10-3-2-8(6-11)12-10/h2-5H,6,11H2,1H3. The van der Waals surface area contributed by atoms with Gasteiger partial charge in [-0.3, -0.25) is 0 Å². The molecule has 0 amide bonds. The molecule has 0 unspecified atom stereocenters. The van der Waals surface area contributed by atoms with E-state index in [1.807, 2.05) is 12.1 Å². The summed E-state index contributed by atoms with van der Waals surface area (Å²) in [5.41, 5.74) is 6.63. The first-order valence-electron chi connectivity index (χ1n) is 4.14. The van der Waals surface area contributed by atoms with Gasteiger partial charge in [0, 0.05) is 10.4 Å². The van der Waals surface area contributed by atoms with Crippen LogP contribution in [0.4, 0.5) is 0 Å². The van der Waals surface area contributed by atoms with E-state index in [-0.39, 0.29) is 0 Å². The first-order chi connectivity index (χ1) is 6.31. The molecule has 0 aromatic carbocycles. The van der Waals surface area contributed by atoms with Crippen LogP contribution in [0.5, 0.6) is 0 Å². The summed E-state index contributed by atoms with van der Waals surface area (Å²) in [6, 6.07) is 5.96. The van der Waals surface area contributed by atoms with Crippen molar-refractivity contribution in [3.8, 4) is 11.3 Å². The van der Waals surface area contributed by atoms with E-state index in [0.717, 1.165) is 11.5 Å². The summed E-state index contributed by atoms with van der Waals surface area (Å²) >= 11 is 1.72. The Balaban J connectivity index is 2.41. The van der Waals surface area contributed by atoms with Gasteiger partial charge >= 0.3 is 0 Å². The van der Waals surface area contributed by atoms with Gasteiger partial charge in [0.15, 0.2) is 0 Å². The van der Waals surface area contributed by atoms with Crippen LogP contribution in [0.25, 0.3) is 11.3 Å². The second kappa shape index (κ2) is 3.36. The molecule has 0 saturated heterocycles. The molecular weight excluding hydrogens is 182 g/mol. The summed E-state index contributed by atoms with van der Waals surface area (Å²) in [5, 5.41) is 2.06. The van der Waals surface area contributed by atoms with E-state index in [1.54, 1.807) is 11.3 Å². The maximum Gasteiger partial charge on any atom is 0.135 e. The van der Waals surface area contributed by atoms with Crippen LogP contribution in [0, 0.1) is 6.92 Å². The molecule has 0 aliphatic rings. The van der Waals surface area contributed by atoms with Gasteiger partial charge in [-0.15, -0.1) is 11.3 Å². The van der Waals surface area contributed by atoms with E-state index in [9.17, 15) is 0 Å². The summed E-state index contributed by atoms with van der Waals surface area (Å²) in [7, 11) is 0. The van der Waals surface area contributed by atoms with Gasteiger partial charge in [-0.1, -0.05) is 0 Å². The second-order valence-corrected chi connectivity index (χ2v) is 3.98. The van der Waals surface area contributed by atoms with E-state index >= 15 is 0 Å². The van der Waals surface area contributed by atoms with Crippen molar-refractivity contribution in [1.29, 1.82) is 0 Å². The van der Waals surface area contributed by atoms with E-state index in [2.05, 4.69) is 18.4 Å². The van der Waals surface area contributed by atoms with Crippen molar-refractivity contribution in [3.05, 3.63) is 34.2 Å². The monoisotopic (exact) mass is 193 g/mol. The lowest BCUT2D eigenvalue weighted by molar-refractivity contribution is 0.525. The molecule has 13 heavy (non-hydrogen) atoms. The van der Waals surface area contributed by atoms with E-state index in [4.69, 9.17) is 10.2 Å². The number of aryl methyl sites for hydroxylation is 1. The molecule has 2 nitrogen and oxygen atoms in total. The Labute approximate surface area is 81.0 Å². The third-order valence-electron chi connectivity index (χ3n) is 1.99. The predicted octanol–water partition coefficient (Wildman–Crippen LogP) is 2.78. The number of hydrogen-bond donors (Lipinski definition) is 1. The highest BCUT2D eigenvalue weighted by atomic mass is 32.1. The van der Waals surface area contributed by atoms with Crippen molar-refractivity contribution in [2.24, 2.45) is 5.73 Å². The zero-order valence-electron chi connectivity index (χ0n) is 7.41. The van der Waals surface area contributed by atoms with Crippen molar-refractivity contribution in [3.63, 3.8) is 0 Å². The Kier molecular flexibility index (Phi) is 2.20. The summed E-state index contributed by atoms with van der Waals surface area (Å²) < 4.78 is 5.54. The van der Waals surface area contributed by atoms with Crippen LogP contribution >= 0.6 is 11.3 Å². The highest BCUT2D eigenvalue weighted by Gasteiger charge is 2.06. The third kappa shape index (κ3) is 1.53. The zero-order chi connectivity index (χ0) is 9.26. The minimum Gasteiger partial charge on any atom is -0.460 e. The fourth-order valence-corrected chi connectivity index (χ4v) is 1.98. The molecule has 0 atom stereocenters. The molecule has 0 spiro atoms. The Hall–Kier alpha value is -1.06. The summed E-state index contributed by atoms with van der Waals surface area (Å²) in [4.78, 5) is 1.28. The van der Waals surface area contributed by atoms with Crippen LogP contribution in [0.2, 0.25) is 0 Å². The second-order valence-electron chi connectivity index (χ2n) is 2.86. The molecule has 2 N–H and O–H groups in total. The zero-order valence-corrected chi connectivity index (χ0v) is 8.23. The van der Waals surface area contributed by atoms with Crippen LogP contribution in [0.1, 0.15) is 10.6 Å². The van der Waals surface area contributed by atoms with Crippen LogP contribution in [0.3, 0.4) is 0 Å². The van der Waals surface area contributed by atoms with Crippen LogP contribution in [-0.2, 0) is 6.54 Å². The van der Waals surface area contributed by atoms with Crippen molar-refractivity contribution >= 4 is 11.3 Å². The average molecular weight is 193 g/mol. The Morgan fingerprint density at radius 3 is 2.77 bits per heavy atom. The minimum absolute atomic E-state index is 0.461. The maximum atomic E-state index is 5.54. The molecule has 2 heterocycles. The normalized spacial score (nSPS) is 10.6. The van der Waals surface area contributed by atoms with Crippen LogP contribution in [-0.4, -0.2) is 0 Å². The molecule has 0 saturated carbocycles. The highest BCUT2D eigenvalue weighted by Crippen LogP contribution is 2.28. The smallest absolute Gasteiger partial charge is 0.135 e. The minimum atomic E-state index is 0.461. The molecule has 2 rings (SSSR count). The number of thiophene rings is 1. The molecule has 2 aromatic heterocycles. The number of furan rings is 1. The molecular formula is C10H11NOS. The van der Waals surface area contributed by atoms with Gasteiger partial charge in [0.2, 0.25) is 0 Å². The molecule has 0 aliphatic heterocycles. The Morgan fingerprint density at radius 1 is 1.38 bits per heavy atom. The number of hydrogen-bond acceptors (Lipinski definition) is 3. The summed E-state index contributed by atoms with van der Waals surface area (Å²) in [5.74, 6) is 1.75. The van der Waals surface area contributed by atoms with E-state index in [1.165, 1.54) is 10.4 Å². The number of nitrogens with two attached hydrogens (primary N) is 1. The maximum absolute atomic E-state index is 5.54. The van der Waals surface area contributed by atoms with Gasteiger partial charge in [0.05, 0.1) is 6.54 Å². The van der Waals surface area contributed by atoms with Crippen LogP contribution in [0.15, 0.2) is 28.0 Å². The molecule has 2 aromatic rings. The largest absolute Gasteiger partial charge is 0.460 e. The van der Waals surface area contributed by atoms with Crippen LogP contribution < -0.4 is 5.73 Å². The SMILES string of the molecule is Cc1sccc1-c1ccc(CN)o1. The molecule has 0 fully saturated rings. The molecule has 68 valence electrons. The fraction of sp³-hybridized carbons (Fsp3) is 0.200. The van der Waals surface area contributed by atoms with Crippen molar-refractivity contribution in [1.82, 2.24) is 0 Å².